The molecular weight excluding hydrogens is 444 g/mol. The van der Waals surface area contributed by atoms with Crippen LogP contribution >= 0.6 is 11.8 Å². The largest absolute Gasteiger partial charge is 0.465 e. The third-order valence-electron chi connectivity index (χ3n) is 4.30. The third-order valence-corrected chi connectivity index (χ3v) is 6.39. The monoisotopic (exact) mass is 468 g/mol. The zero-order valence-electron chi connectivity index (χ0n) is 16.6. The van der Waals surface area contributed by atoms with Crippen LogP contribution in [0.25, 0.3) is 0 Å². The van der Waals surface area contributed by atoms with E-state index in [2.05, 4.69) is 10.6 Å². The van der Waals surface area contributed by atoms with E-state index in [4.69, 9.17) is 10.2 Å². The van der Waals surface area contributed by atoms with E-state index in [0.29, 0.717) is 31.6 Å². The number of hydrogen-bond acceptors (Lipinski definition) is 7. The molecule has 0 unspecified atom stereocenters. The van der Waals surface area contributed by atoms with Gasteiger partial charge in [-0.05, 0) is 43.5 Å². The zero-order valence-corrected chi connectivity index (χ0v) is 18.2. The average molecular weight is 469 g/mol. The molecule has 31 heavy (non-hydrogen) atoms. The molecule has 0 heterocycles. The van der Waals surface area contributed by atoms with Crippen molar-refractivity contribution in [3.8, 4) is 0 Å². The Bertz CT molecular complexity index is 1000. The molecule has 12 heteroatoms. The van der Waals surface area contributed by atoms with Crippen LogP contribution in [0.4, 0.5) is 16.2 Å². The van der Waals surface area contributed by atoms with Crippen molar-refractivity contribution >= 4 is 39.3 Å². The van der Waals surface area contributed by atoms with Crippen molar-refractivity contribution in [2.45, 2.75) is 35.1 Å². The molecule has 1 atom stereocenters. The van der Waals surface area contributed by atoms with E-state index in [1.165, 1.54) is 12.1 Å². The molecule has 0 spiro atoms. The number of nitro benzene ring substituents is 1. The fourth-order valence-corrected chi connectivity index (χ4v) is 4.33. The summed E-state index contributed by atoms with van der Waals surface area (Å²) in [5.41, 5.74) is -0.187. The van der Waals surface area contributed by atoms with E-state index in [1.807, 2.05) is 30.3 Å². The first-order valence-corrected chi connectivity index (χ1v) is 11.9. The fourth-order valence-electron chi connectivity index (χ4n) is 2.80. The second-order valence-corrected chi connectivity index (χ2v) is 9.33. The molecule has 5 N–H and O–H groups in total. The summed E-state index contributed by atoms with van der Waals surface area (Å²) in [6, 6.07) is 13.0. The van der Waals surface area contributed by atoms with Gasteiger partial charge in [0.2, 0.25) is 10.0 Å². The fraction of sp³-hybridized carbons (Fsp3) is 0.316. The lowest BCUT2D eigenvalue weighted by Crippen LogP contribution is -2.25. The van der Waals surface area contributed by atoms with Gasteiger partial charge in [0.05, 0.1) is 9.82 Å². The highest BCUT2D eigenvalue weighted by Crippen LogP contribution is 2.29. The van der Waals surface area contributed by atoms with Crippen molar-refractivity contribution in [3.05, 3.63) is 58.6 Å². The highest BCUT2D eigenvalue weighted by atomic mass is 32.2. The number of rotatable bonds is 12. The quantitative estimate of drug-likeness (QED) is 0.159. The number of carbonyl (C=O) groups is 1. The molecule has 0 aliphatic carbocycles. The van der Waals surface area contributed by atoms with Gasteiger partial charge >= 0.3 is 6.09 Å². The number of amides is 1. The van der Waals surface area contributed by atoms with Crippen LogP contribution in [0, 0.1) is 10.1 Å². The van der Waals surface area contributed by atoms with Gasteiger partial charge in [-0.3, -0.25) is 10.1 Å². The molecule has 0 aliphatic heterocycles. The average Bonchev–Trinajstić information content (AvgIpc) is 2.71. The SMILES string of the molecule is NS(=O)(=O)c1ccc(N[C@H](CCCCNC(=O)O)CSc2ccccc2)c([N+](=O)[O-])c1. The first-order chi connectivity index (χ1) is 14.7. The first kappa shape index (κ1) is 24.4. The summed E-state index contributed by atoms with van der Waals surface area (Å²) in [6.07, 6.45) is 0.860. The molecule has 1 amide bonds. The van der Waals surface area contributed by atoms with Crippen LogP contribution in [0.3, 0.4) is 0 Å². The lowest BCUT2D eigenvalue weighted by Gasteiger charge is -2.20. The van der Waals surface area contributed by atoms with Gasteiger partial charge in [0.1, 0.15) is 5.69 Å². The normalized spacial score (nSPS) is 12.2. The summed E-state index contributed by atoms with van der Waals surface area (Å²) in [5.74, 6) is 0.602. The highest BCUT2D eigenvalue weighted by Gasteiger charge is 2.21. The Balaban J connectivity index is 2.14. The summed E-state index contributed by atoms with van der Waals surface area (Å²) < 4.78 is 23.1. The van der Waals surface area contributed by atoms with Gasteiger partial charge in [-0.15, -0.1) is 11.8 Å². The number of carboxylic acid groups (broad SMARTS) is 1. The number of hydrogen-bond donors (Lipinski definition) is 4. The Morgan fingerprint density at radius 1 is 1.19 bits per heavy atom. The smallest absolute Gasteiger partial charge is 0.404 e. The number of unbranched alkanes of at least 4 members (excludes halogenated alkanes) is 1. The van der Waals surface area contributed by atoms with Crippen molar-refractivity contribution in [1.82, 2.24) is 5.32 Å². The van der Waals surface area contributed by atoms with Crippen molar-refractivity contribution in [1.29, 1.82) is 0 Å². The zero-order chi connectivity index (χ0) is 22.9. The molecule has 0 fully saturated rings. The minimum atomic E-state index is -4.07. The predicted molar refractivity (Wildman–Crippen MR) is 119 cm³/mol. The van der Waals surface area contributed by atoms with Gasteiger partial charge in [0, 0.05) is 29.3 Å². The Labute approximate surface area is 184 Å². The van der Waals surface area contributed by atoms with E-state index in [1.54, 1.807) is 11.8 Å². The van der Waals surface area contributed by atoms with Crippen molar-refractivity contribution in [2.75, 3.05) is 17.6 Å². The summed E-state index contributed by atoms with van der Waals surface area (Å²) in [6.45, 7) is 0.317. The van der Waals surface area contributed by atoms with Gasteiger partial charge in [-0.1, -0.05) is 18.2 Å². The number of nitro groups is 1. The number of anilines is 1. The van der Waals surface area contributed by atoms with Crippen molar-refractivity contribution < 1.29 is 23.2 Å². The molecule has 0 radical (unpaired) electrons. The molecule has 2 aromatic rings. The number of nitrogens with zero attached hydrogens (tertiary/aromatic N) is 1. The Morgan fingerprint density at radius 2 is 1.90 bits per heavy atom. The van der Waals surface area contributed by atoms with E-state index in [9.17, 15) is 23.3 Å². The lowest BCUT2D eigenvalue weighted by molar-refractivity contribution is -0.384. The maximum atomic E-state index is 11.5. The van der Waals surface area contributed by atoms with E-state index in [0.717, 1.165) is 11.0 Å². The molecule has 0 saturated heterocycles. The predicted octanol–water partition coefficient (Wildman–Crippen LogP) is 3.25. The van der Waals surface area contributed by atoms with Gasteiger partial charge < -0.3 is 15.7 Å². The molecule has 10 nitrogen and oxygen atoms in total. The summed E-state index contributed by atoms with van der Waals surface area (Å²) in [7, 11) is -4.07. The molecule has 0 bridgehead atoms. The summed E-state index contributed by atoms with van der Waals surface area (Å²) in [4.78, 5) is 22.1. The second-order valence-electron chi connectivity index (χ2n) is 6.67. The van der Waals surface area contributed by atoms with Gasteiger partial charge in [0.15, 0.2) is 0 Å². The first-order valence-electron chi connectivity index (χ1n) is 9.39. The van der Waals surface area contributed by atoms with Crippen LogP contribution in [0.5, 0.6) is 0 Å². The molecular formula is C19H24N4O6S2. The minimum Gasteiger partial charge on any atom is -0.465 e. The van der Waals surface area contributed by atoms with Crippen molar-refractivity contribution in [3.63, 3.8) is 0 Å². The maximum absolute atomic E-state index is 11.5. The molecule has 168 valence electrons. The molecule has 2 rings (SSSR count). The lowest BCUT2D eigenvalue weighted by atomic mass is 10.1. The maximum Gasteiger partial charge on any atom is 0.404 e. The van der Waals surface area contributed by atoms with Crippen LogP contribution in [0.15, 0.2) is 58.3 Å². The van der Waals surface area contributed by atoms with Gasteiger partial charge in [0.25, 0.3) is 5.69 Å². The summed E-state index contributed by atoms with van der Waals surface area (Å²) in [5, 5.41) is 30.7. The molecule has 0 aromatic heterocycles. The number of sulfonamides is 1. The van der Waals surface area contributed by atoms with Crippen LogP contribution in [0.2, 0.25) is 0 Å². The molecule has 0 saturated carbocycles. The van der Waals surface area contributed by atoms with E-state index in [-0.39, 0.29) is 22.3 Å². The molecule has 2 aromatic carbocycles. The second kappa shape index (κ2) is 11.5. The summed E-state index contributed by atoms with van der Waals surface area (Å²) >= 11 is 1.58. The van der Waals surface area contributed by atoms with E-state index >= 15 is 0 Å². The number of benzene rings is 2. The van der Waals surface area contributed by atoms with Crippen LogP contribution in [0.1, 0.15) is 19.3 Å². The Hall–Kier alpha value is -2.83. The topological polar surface area (TPSA) is 165 Å². The minimum absolute atomic E-state index is 0.172. The van der Waals surface area contributed by atoms with E-state index < -0.39 is 21.0 Å². The number of primary sulfonamides is 1. The number of nitrogens with one attached hydrogen (secondary N) is 2. The Morgan fingerprint density at radius 3 is 2.52 bits per heavy atom. The highest BCUT2D eigenvalue weighted by molar-refractivity contribution is 7.99. The van der Waals surface area contributed by atoms with Crippen LogP contribution in [-0.2, 0) is 10.0 Å². The van der Waals surface area contributed by atoms with Gasteiger partial charge in [-0.25, -0.2) is 18.4 Å². The van der Waals surface area contributed by atoms with Crippen LogP contribution in [-0.4, -0.2) is 42.9 Å². The molecule has 0 aliphatic rings. The number of nitrogens with two attached hydrogens (primary N) is 1. The number of thioether (sulfide) groups is 1. The standard InChI is InChI=1S/C19H24N4O6S2/c20-31(28,29)16-9-10-17(18(12-16)23(26)27)22-14(6-4-5-11-21-19(24)25)13-30-15-7-2-1-3-8-15/h1-3,7-10,12,14,21-22H,4-6,11,13H2,(H,24,25)(H2,20,28,29)/t14-/m1/s1. The van der Waals surface area contributed by atoms with Crippen molar-refractivity contribution in [2.24, 2.45) is 5.14 Å². The Kier molecular flexibility index (Phi) is 9.09. The van der Waals surface area contributed by atoms with Gasteiger partial charge in [-0.2, -0.15) is 0 Å². The van der Waals surface area contributed by atoms with Crippen LogP contribution < -0.4 is 15.8 Å². The third kappa shape index (κ3) is 8.44.